The minimum atomic E-state index is -0.590. The van der Waals surface area contributed by atoms with Crippen LogP contribution in [0.2, 0.25) is 5.02 Å². The van der Waals surface area contributed by atoms with Gasteiger partial charge >= 0.3 is 5.97 Å². The fourth-order valence-corrected chi connectivity index (χ4v) is 1.48. The van der Waals surface area contributed by atoms with Crippen LogP contribution in [0.15, 0.2) is 24.3 Å². The Labute approximate surface area is 110 Å². The third-order valence-corrected chi connectivity index (χ3v) is 2.73. The van der Waals surface area contributed by atoms with E-state index in [4.69, 9.17) is 16.3 Å². The summed E-state index contributed by atoms with van der Waals surface area (Å²) < 4.78 is 9.49. The Morgan fingerprint density at radius 3 is 2.44 bits per heavy atom. The van der Waals surface area contributed by atoms with E-state index in [0.29, 0.717) is 16.3 Å². The third-order valence-electron chi connectivity index (χ3n) is 2.32. The van der Waals surface area contributed by atoms with Gasteiger partial charge < -0.3 is 9.47 Å². The number of esters is 1. The molecule has 0 amide bonds. The number of carbonyl (C=O) groups is 2. The Bertz CT molecular complexity index is 506. The maximum absolute atomic E-state index is 11.9. The van der Waals surface area contributed by atoms with Gasteiger partial charge in [0, 0.05) is 11.1 Å². The smallest absolute Gasteiger partial charge is 0.330 e. The number of ketones is 1. The second kappa shape index (κ2) is 6.21. The number of hydrogen-bond donors (Lipinski definition) is 0. The number of benzene rings is 1. The molecule has 4 nitrogen and oxygen atoms in total. The molecule has 0 fully saturated rings. The summed E-state index contributed by atoms with van der Waals surface area (Å²) in [6.07, 6.45) is 2.20. The van der Waals surface area contributed by atoms with Crippen LogP contribution < -0.4 is 4.74 Å². The molecule has 0 bridgehead atoms. The van der Waals surface area contributed by atoms with Crippen molar-refractivity contribution in [3.8, 4) is 5.75 Å². The summed E-state index contributed by atoms with van der Waals surface area (Å²) in [6, 6.07) is 3.18. The molecule has 1 aromatic rings. The Hall–Kier alpha value is -1.81. The molecule has 0 N–H and O–H groups in total. The molecule has 0 aromatic heterocycles. The van der Waals surface area contributed by atoms with Crippen molar-refractivity contribution in [2.24, 2.45) is 0 Å². The Morgan fingerprint density at radius 1 is 1.22 bits per heavy atom. The third kappa shape index (κ3) is 3.34. The predicted octanol–water partition coefficient (Wildman–Crippen LogP) is 2.57. The number of ether oxygens (including phenoxy) is 2. The number of halogens is 1. The highest BCUT2D eigenvalue weighted by Crippen LogP contribution is 2.27. The van der Waals surface area contributed by atoms with Crippen molar-refractivity contribution < 1.29 is 19.1 Å². The number of rotatable bonds is 4. The lowest BCUT2D eigenvalue weighted by Crippen LogP contribution is -2.02. The first-order valence-electron chi connectivity index (χ1n) is 5.14. The molecule has 96 valence electrons. The Kier molecular flexibility index (Phi) is 4.92. The molecular weight excluding hydrogens is 256 g/mol. The minimum absolute atomic E-state index is 0.347. The van der Waals surface area contributed by atoms with Gasteiger partial charge in [0.25, 0.3) is 0 Å². The highest BCUT2D eigenvalue weighted by atomic mass is 35.5. The molecule has 0 atom stereocenters. The molecule has 0 saturated heterocycles. The average molecular weight is 269 g/mol. The monoisotopic (exact) mass is 268 g/mol. The van der Waals surface area contributed by atoms with Gasteiger partial charge in [-0.3, -0.25) is 4.79 Å². The average Bonchev–Trinajstić information content (AvgIpc) is 2.37. The summed E-state index contributed by atoms with van der Waals surface area (Å²) >= 11 is 5.94. The van der Waals surface area contributed by atoms with E-state index in [1.165, 1.54) is 14.2 Å². The van der Waals surface area contributed by atoms with Gasteiger partial charge in [0.1, 0.15) is 5.75 Å². The van der Waals surface area contributed by atoms with E-state index < -0.39 is 5.97 Å². The summed E-state index contributed by atoms with van der Waals surface area (Å²) in [5.74, 6) is -0.574. The molecule has 0 aliphatic carbocycles. The van der Waals surface area contributed by atoms with Crippen molar-refractivity contribution in [2.75, 3.05) is 14.2 Å². The zero-order valence-electron chi connectivity index (χ0n) is 10.3. The van der Waals surface area contributed by atoms with Gasteiger partial charge in [-0.2, -0.15) is 0 Å². The Morgan fingerprint density at radius 2 is 1.89 bits per heavy atom. The fraction of sp³-hybridized carbons (Fsp3) is 0.231. The summed E-state index contributed by atoms with van der Waals surface area (Å²) in [6.45, 7) is 1.78. The number of aryl methyl sites for hydroxylation is 1. The number of carbonyl (C=O) groups excluding carboxylic acids is 2. The normalized spacial score (nSPS) is 10.4. The molecule has 0 unspecified atom stereocenters. The second-order valence-corrected chi connectivity index (χ2v) is 3.93. The van der Waals surface area contributed by atoms with Crippen molar-refractivity contribution in [3.05, 3.63) is 40.4 Å². The van der Waals surface area contributed by atoms with Crippen LogP contribution in [0.5, 0.6) is 5.75 Å². The second-order valence-electron chi connectivity index (χ2n) is 3.52. The molecule has 5 heteroatoms. The zero-order valence-corrected chi connectivity index (χ0v) is 11.1. The first-order valence-corrected chi connectivity index (χ1v) is 5.52. The molecule has 0 radical (unpaired) electrons. The van der Waals surface area contributed by atoms with Crippen molar-refractivity contribution in [3.63, 3.8) is 0 Å². The van der Waals surface area contributed by atoms with Gasteiger partial charge in [-0.25, -0.2) is 4.79 Å². The van der Waals surface area contributed by atoms with E-state index >= 15 is 0 Å². The van der Waals surface area contributed by atoms with Crippen molar-refractivity contribution >= 4 is 23.4 Å². The van der Waals surface area contributed by atoms with E-state index in [9.17, 15) is 9.59 Å². The molecule has 1 rings (SSSR count). The van der Waals surface area contributed by atoms with Crippen LogP contribution in [-0.4, -0.2) is 26.0 Å². The van der Waals surface area contributed by atoms with E-state index in [1.807, 2.05) is 0 Å². The number of hydrogen-bond acceptors (Lipinski definition) is 4. The lowest BCUT2D eigenvalue weighted by atomic mass is 10.1. The quantitative estimate of drug-likeness (QED) is 0.478. The summed E-state index contributed by atoms with van der Waals surface area (Å²) in [7, 11) is 2.69. The van der Waals surface area contributed by atoms with Crippen LogP contribution in [0.4, 0.5) is 0 Å². The standard InChI is InChI=1S/C13H13ClO4/c1-8-6-9(12(17-2)7-10(8)14)11(15)4-5-13(16)18-3/h4-7H,1-3H3/b5-4+. The maximum Gasteiger partial charge on any atom is 0.330 e. The molecule has 18 heavy (non-hydrogen) atoms. The molecule has 1 aromatic carbocycles. The Balaban J connectivity index is 3.09. The zero-order chi connectivity index (χ0) is 13.7. The van der Waals surface area contributed by atoms with Gasteiger partial charge in [0.2, 0.25) is 0 Å². The SMILES string of the molecule is COC(=O)/C=C/C(=O)c1cc(C)c(Cl)cc1OC. The highest BCUT2D eigenvalue weighted by Gasteiger charge is 2.12. The van der Waals surface area contributed by atoms with Crippen LogP contribution >= 0.6 is 11.6 Å². The van der Waals surface area contributed by atoms with Crippen LogP contribution in [0.1, 0.15) is 15.9 Å². The lowest BCUT2D eigenvalue weighted by Gasteiger charge is -2.08. The first kappa shape index (κ1) is 14.3. The van der Waals surface area contributed by atoms with Crippen molar-refractivity contribution in [1.29, 1.82) is 0 Å². The van der Waals surface area contributed by atoms with Crippen molar-refractivity contribution in [2.45, 2.75) is 6.92 Å². The summed E-state index contributed by atoms with van der Waals surface area (Å²) in [5, 5.41) is 0.514. The summed E-state index contributed by atoms with van der Waals surface area (Å²) in [5.41, 5.74) is 1.10. The maximum atomic E-state index is 11.9. The topological polar surface area (TPSA) is 52.6 Å². The van der Waals surface area contributed by atoms with Gasteiger partial charge in [0.15, 0.2) is 5.78 Å². The molecule has 0 heterocycles. The van der Waals surface area contributed by atoms with Gasteiger partial charge in [-0.1, -0.05) is 11.6 Å². The van der Waals surface area contributed by atoms with E-state index in [0.717, 1.165) is 17.7 Å². The largest absolute Gasteiger partial charge is 0.496 e. The molecule has 0 spiro atoms. The molecular formula is C13H13ClO4. The van der Waals surface area contributed by atoms with Gasteiger partial charge in [0.05, 0.1) is 19.8 Å². The van der Waals surface area contributed by atoms with Crippen LogP contribution in [-0.2, 0) is 9.53 Å². The van der Waals surface area contributed by atoms with E-state index in [1.54, 1.807) is 19.1 Å². The molecule has 0 aliphatic rings. The molecule has 0 aliphatic heterocycles. The van der Waals surface area contributed by atoms with Crippen LogP contribution in [0.3, 0.4) is 0 Å². The minimum Gasteiger partial charge on any atom is -0.496 e. The summed E-state index contributed by atoms with van der Waals surface area (Å²) in [4.78, 5) is 22.8. The number of methoxy groups -OCH3 is 2. The first-order chi connectivity index (χ1) is 8.49. The van der Waals surface area contributed by atoms with Gasteiger partial charge in [-0.15, -0.1) is 0 Å². The fourth-order valence-electron chi connectivity index (χ4n) is 1.33. The highest BCUT2D eigenvalue weighted by molar-refractivity contribution is 6.31. The van der Waals surface area contributed by atoms with Crippen LogP contribution in [0, 0.1) is 6.92 Å². The van der Waals surface area contributed by atoms with Crippen LogP contribution in [0.25, 0.3) is 0 Å². The lowest BCUT2D eigenvalue weighted by molar-refractivity contribution is -0.134. The molecule has 0 saturated carbocycles. The van der Waals surface area contributed by atoms with Crippen molar-refractivity contribution in [1.82, 2.24) is 0 Å². The van der Waals surface area contributed by atoms with Gasteiger partial charge in [-0.05, 0) is 30.7 Å². The van der Waals surface area contributed by atoms with E-state index in [2.05, 4.69) is 4.74 Å². The number of allylic oxidation sites excluding steroid dienone is 1. The van der Waals surface area contributed by atoms with E-state index in [-0.39, 0.29) is 5.78 Å². The predicted molar refractivity (Wildman–Crippen MR) is 68.2 cm³/mol.